The summed E-state index contributed by atoms with van der Waals surface area (Å²) in [6, 6.07) is 9.61. The number of methoxy groups -OCH3 is 2. The molecule has 0 aliphatic carbocycles. The molecule has 0 unspecified atom stereocenters. The molecule has 2 heterocycles. The zero-order valence-corrected chi connectivity index (χ0v) is 12.7. The Bertz CT molecular complexity index is 1010. The number of aromatic nitrogens is 4. The summed E-state index contributed by atoms with van der Waals surface area (Å²) >= 11 is 0. The van der Waals surface area contributed by atoms with Crippen LogP contribution < -0.4 is 9.47 Å². The molecule has 114 valence electrons. The highest BCUT2D eigenvalue weighted by Gasteiger charge is 2.09. The summed E-state index contributed by atoms with van der Waals surface area (Å²) in [5, 5.41) is 8.00. The third-order valence-electron chi connectivity index (χ3n) is 3.78. The molecule has 0 radical (unpaired) electrons. The molecule has 4 aromatic rings. The van der Waals surface area contributed by atoms with Crippen molar-refractivity contribution in [3.63, 3.8) is 0 Å². The van der Waals surface area contributed by atoms with Gasteiger partial charge in [-0.05, 0) is 30.3 Å². The van der Waals surface area contributed by atoms with Gasteiger partial charge >= 0.3 is 0 Å². The van der Waals surface area contributed by atoms with Crippen molar-refractivity contribution in [3.05, 3.63) is 42.7 Å². The maximum atomic E-state index is 5.35. The molecular formula is C17H14N4O2. The highest BCUT2D eigenvalue weighted by atomic mass is 16.5. The maximum absolute atomic E-state index is 5.35. The van der Waals surface area contributed by atoms with E-state index in [-0.39, 0.29) is 0 Å². The number of fused-ring (bicyclic) bond motifs is 2. The van der Waals surface area contributed by atoms with Crippen molar-refractivity contribution in [1.82, 2.24) is 20.2 Å². The smallest absolute Gasteiger partial charge is 0.161 e. The average Bonchev–Trinajstić information content (AvgIpc) is 3.05. The quantitative estimate of drug-likeness (QED) is 0.629. The molecule has 0 amide bonds. The van der Waals surface area contributed by atoms with Gasteiger partial charge < -0.3 is 9.47 Å². The molecule has 0 aliphatic heterocycles. The summed E-state index contributed by atoms with van der Waals surface area (Å²) in [5.74, 6) is 1.35. The van der Waals surface area contributed by atoms with Gasteiger partial charge in [-0.2, -0.15) is 5.10 Å². The highest BCUT2D eigenvalue weighted by molar-refractivity contribution is 5.93. The van der Waals surface area contributed by atoms with Crippen molar-refractivity contribution < 1.29 is 9.47 Å². The van der Waals surface area contributed by atoms with Crippen molar-refractivity contribution in [3.8, 4) is 22.8 Å². The minimum absolute atomic E-state index is 0.663. The van der Waals surface area contributed by atoms with E-state index in [4.69, 9.17) is 14.5 Å². The van der Waals surface area contributed by atoms with Crippen LogP contribution in [0.2, 0.25) is 0 Å². The van der Waals surface area contributed by atoms with E-state index in [2.05, 4.69) is 15.2 Å². The van der Waals surface area contributed by atoms with Crippen LogP contribution in [0.3, 0.4) is 0 Å². The lowest BCUT2D eigenvalue weighted by atomic mass is 10.1. The van der Waals surface area contributed by atoms with Gasteiger partial charge in [0, 0.05) is 10.9 Å². The Morgan fingerprint density at radius 2 is 1.78 bits per heavy atom. The number of benzene rings is 2. The summed E-state index contributed by atoms with van der Waals surface area (Å²) < 4.78 is 10.6. The number of hydrogen-bond donors (Lipinski definition) is 1. The molecule has 23 heavy (non-hydrogen) atoms. The third kappa shape index (κ3) is 2.24. The Morgan fingerprint density at radius 1 is 0.913 bits per heavy atom. The van der Waals surface area contributed by atoms with Crippen molar-refractivity contribution in [2.45, 2.75) is 0 Å². The van der Waals surface area contributed by atoms with Gasteiger partial charge in [0.1, 0.15) is 0 Å². The zero-order chi connectivity index (χ0) is 15.8. The molecule has 0 saturated heterocycles. The monoisotopic (exact) mass is 306 g/mol. The van der Waals surface area contributed by atoms with Gasteiger partial charge in [-0.25, -0.2) is 4.98 Å². The van der Waals surface area contributed by atoms with E-state index in [9.17, 15) is 0 Å². The van der Waals surface area contributed by atoms with Crippen LogP contribution in [-0.2, 0) is 0 Å². The van der Waals surface area contributed by atoms with Crippen LogP contribution in [0.25, 0.3) is 33.2 Å². The zero-order valence-electron chi connectivity index (χ0n) is 12.7. The number of H-pyrrole nitrogens is 1. The van der Waals surface area contributed by atoms with Crippen molar-refractivity contribution in [2.24, 2.45) is 0 Å². The molecule has 2 aromatic carbocycles. The minimum atomic E-state index is 0.663. The first-order valence-corrected chi connectivity index (χ1v) is 7.11. The number of hydrogen-bond acceptors (Lipinski definition) is 5. The number of ether oxygens (including phenoxy) is 2. The van der Waals surface area contributed by atoms with Gasteiger partial charge in [0.2, 0.25) is 0 Å². The molecular weight excluding hydrogens is 292 g/mol. The van der Waals surface area contributed by atoms with Crippen LogP contribution in [0, 0.1) is 0 Å². The first kappa shape index (κ1) is 13.5. The predicted octanol–water partition coefficient (Wildman–Crippen LogP) is 3.19. The van der Waals surface area contributed by atoms with Gasteiger partial charge in [-0.1, -0.05) is 0 Å². The molecule has 0 aliphatic rings. The van der Waals surface area contributed by atoms with Gasteiger partial charge in [0.25, 0.3) is 0 Å². The predicted molar refractivity (Wildman–Crippen MR) is 87.7 cm³/mol. The third-order valence-corrected chi connectivity index (χ3v) is 3.78. The lowest BCUT2D eigenvalue weighted by Gasteiger charge is -2.09. The first-order valence-electron chi connectivity index (χ1n) is 7.11. The lowest BCUT2D eigenvalue weighted by molar-refractivity contribution is 0.355. The summed E-state index contributed by atoms with van der Waals surface area (Å²) in [4.78, 5) is 9.21. The van der Waals surface area contributed by atoms with E-state index in [1.165, 1.54) is 0 Å². The van der Waals surface area contributed by atoms with Gasteiger partial charge in [0.05, 0.1) is 48.9 Å². The molecule has 4 rings (SSSR count). The van der Waals surface area contributed by atoms with Gasteiger partial charge in [-0.3, -0.25) is 10.1 Å². The fourth-order valence-electron chi connectivity index (χ4n) is 2.58. The summed E-state index contributed by atoms with van der Waals surface area (Å²) in [7, 11) is 3.23. The van der Waals surface area contributed by atoms with Gasteiger partial charge in [0.15, 0.2) is 11.5 Å². The fourth-order valence-corrected chi connectivity index (χ4v) is 2.58. The standard InChI is InChI=1S/C17H14N4O2/c1-22-16-4-3-10(6-17(16)23-2)15-9-18-13-5-11-8-19-21-12(11)7-14(13)20-15/h3-9H,1-2H3,(H,19,21). The van der Waals surface area contributed by atoms with Crippen LogP contribution in [0.1, 0.15) is 0 Å². The largest absolute Gasteiger partial charge is 0.493 e. The van der Waals surface area contributed by atoms with E-state index in [0.29, 0.717) is 11.5 Å². The highest BCUT2D eigenvalue weighted by Crippen LogP contribution is 2.32. The molecule has 6 nitrogen and oxygen atoms in total. The second-order valence-electron chi connectivity index (χ2n) is 5.12. The Morgan fingerprint density at radius 3 is 2.61 bits per heavy atom. The minimum Gasteiger partial charge on any atom is -0.493 e. The summed E-state index contributed by atoms with van der Waals surface area (Å²) in [6.07, 6.45) is 3.54. The molecule has 6 heteroatoms. The van der Waals surface area contributed by atoms with Crippen LogP contribution >= 0.6 is 0 Å². The number of rotatable bonds is 3. The Kier molecular flexibility index (Phi) is 3.08. The Hall–Kier alpha value is -3.15. The van der Waals surface area contributed by atoms with E-state index in [1.54, 1.807) is 26.6 Å². The molecule has 0 fully saturated rings. The van der Waals surface area contributed by atoms with Crippen molar-refractivity contribution in [2.75, 3.05) is 14.2 Å². The second-order valence-corrected chi connectivity index (χ2v) is 5.12. The molecule has 0 bridgehead atoms. The van der Waals surface area contributed by atoms with Crippen LogP contribution in [0.15, 0.2) is 42.7 Å². The molecule has 0 atom stereocenters. The number of nitrogens with one attached hydrogen (secondary N) is 1. The molecule has 0 spiro atoms. The average molecular weight is 306 g/mol. The lowest BCUT2D eigenvalue weighted by Crippen LogP contribution is -1.93. The summed E-state index contributed by atoms with van der Waals surface area (Å²) in [6.45, 7) is 0. The maximum Gasteiger partial charge on any atom is 0.161 e. The van der Waals surface area contributed by atoms with E-state index in [1.807, 2.05) is 30.3 Å². The van der Waals surface area contributed by atoms with E-state index in [0.717, 1.165) is 33.2 Å². The van der Waals surface area contributed by atoms with Crippen molar-refractivity contribution in [1.29, 1.82) is 0 Å². The first-order chi connectivity index (χ1) is 11.3. The topological polar surface area (TPSA) is 72.9 Å². The van der Waals surface area contributed by atoms with E-state index < -0.39 is 0 Å². The fraction of sp³-hybridized carbons (Fsp3) is 0.118. The van der Waals surface area contributed by atoms with E-state index >= 15 is 0 Å². The van der Waals surface area contributed by atoms with Crippen LogP contribution in [0.4, 0.5) is 0 Å². The Labute approximate surface area is 132 Å². The number of nitrogens with zero attached hydrogens (tertiary/aromatic N) is 3. The van der Waals surface area contributed by atoms with Crippen LogP contribution in [-0.4, -0.2) is 34.4 Å². The van der Waals surface area contributed by atoms with Crippen molar-refractivity contribution >= 4 is 21.9 Å². The normalized spacial score (nSPS) is 11.0. The van der Waals surface area contributed by atoms with Crippen LogP contribution in [0.5, 0.6) is 11.5 Å². The summed E-state index contributed by atoms with van der Waals surface area (Å²) in [5.41, 5.74) is 4.28. The second kappa shape index (κ2) is 5.24. The molecule has 1 N–H and O–H groups in total. The number of aromatic amines is 1. The van der Waals surface area contributed by atoms with Gasteiger partial charge in [-0.15, -0.1) is 0 Å². The SMILES string of the molecule is COc1ccc(-c2cnc3cc4cn[nH]c4cc3n2)cc1OC. The Balaban J connectivity index is 1.86. The molecule has 2 aromatic heterocycles. The molecule has 0 saturated carbocycles.